The summed E-state index contributed by atoms with van der Waals surface area (Å²) < 4.78 is 10.2. The van der Waals surface area contributed by atoms with Crippen LogP contribution in [0.2, 0.25) is 5.28 Å². The van der Waals surface area contributed by atoms with E-state index in [0.717, 1.165) is 0 Å². The van der Waals surface area contributed by atoms with E-state index in [1.807, 2.05) is 0 Å². The Hall–Kier alpha value is -2.69. The number of amides is 1. The number of carbonyl (C=O) groups excluding carboxylic acids is 2. The minimum Gasteiger partial charge on any atom is -0.461 e. The van der Waals surface area contributed by atoms with Crippen LogP contribution < -0.4 is 4.90 Å². The maximum absolute atomic E-state index is 12.3. The first-order valence-corrected chi connectivity index (χ1v) is 9.46. The van der Waals surface area contributed by atoms with Gasteiger partial charge in [-0.3, -0.25) is 10.1 Å². The number of carbonyl (C=O) groups is 2. The van der Waals surface area contributed by atoms with Crippen molar-refractivity contribution >= 4 is 35.2 Å². The molecule has 1 aliphatic rings. The lowest BCUT2D eigenvalue weighted by molar-refractivity contribution is -0.385. The molecule has 1 aromatic heterocycles. The number of esters is 1. The van der Waals surface area contributed by atoms with E-state index < -0.39 is 34.0 Å². The first-order valence-electron chi connectivity index (χ1n) is 9.08. The van der Waals surface area contributed by atoms with Gasteiger partial charge in [-0.15, -0.1) is 0 Å². The van der Waals surface area contributed by atoms with E-state index in [0.29, 0.717) is 0 Å². The van der Waals surface area contributed by atoms with Crippen molar-refractivity contribution in [1.29, 1.82) is 0 Å². The molecule has 1 aromatic rings. The number of anilines is 1. The molecule has 1 atom stereocenters. The number of halogens is 1. The minimum absolute atomic E-state index is 0.0257. The Balaban J connectivity index is 2.34. The van der Waals surface area contributed by atoms with Gasteiger partial charge in [-0.2, -0.15) is 4.98 Å². The van der Waals surface area contributed by atoms with Gasteiger partial charge in [-0.05, 0) is 46.2 Å². The van der Waals surface area contributed by atoms with Gasteiger partial charge in [-0.25, -0.2) is 14.6 Å². The molecule has 1 fully saturated rings. The van der Waals surface area contributed by atoms with Crippen LogP contribution in [-0.4, -0.2) is 69.7 Å². The second-order valence-corrected chi connectivity index (χ2v) is 7.80. The maximum atomic E-state index is 12.3. The van der Waals surface area contributed by atoms with Crippen LogP contribution in [0.15, 0.2) is 0 Å². The molecule has 11 nitrogen and oxygen atoms in total. The van der Waals surface area contributed by atoms with Crippen LogP contribution in [0, 0.1) is 10.1 Å². The van der Waals surface area contributed by atoms with Crippen LogP contribution in [-0.2, 0) is 9.47 Å². The van der Waals surface area contributed by atoms with Crippen molar-refractivity contribution in [3.63, 3.8) is 0 Å². The highest BCUT2D eigenvalue weighted by atomic mass is 35.5. The van der Waals surface area contributed by atoms with Crippen molar-refractivity contribution in [2.45, 2.75) is 46.3 Å². The minimum atomic E-state index is -0.954. The van der Waals surface area contributed by atoms with Gasteiger partial charge >= 0.3 is 17.7 Å². The van der Waals surface area contributed by atoms with E-state index in [1.54, 1.807) is 39.5 Å². The molecule has 0 spiro atoms. The fourth-order valence-electron chi connectivity index (χ4n) is 2.89. The van der Waals surface area contributed by atoms with Crippen LogP contribution in [0.1, 0.15) is 45.1 Å². The molecular weight excluding hydrogens is 406 g/mol. The Bertz CT molecular complexity index is 812. The average Bonchev–Trinajstić information content (AvgIpc) is 2.59. The SMILES string of the molecule is CCOC(=O)c1nc(Cl)nc(N2CCN(C(=O)OC(C)(C)C)C[C@@H]2C)c1[N+](=O)[O-]. The zero-order valence-electron chi connectivity index (χ0n) is 17.0. The Morgan fingerprint density at radius 3 is 2.48 bits per heavy atom. The summed E-state index contributed by atoms with van der Waals surface area (Å²) in [7, 11) is 0. The van der Waals surface area contributed by atoms with E-state index in [1.165, 1.54) is 4.90 Å². The molecule has 0 unspecified atom stereocenters. The van der Waals surface area contributed by atoms with Gasteiger partial charge in [0.1, 0.15) is 5.60 Å². The van der Waals surface area contributed by atoms with Gasteiger partial charge < -0.3 is 19.3 Å². The topological polar surface area (TPSA) is 128 Å². The summed E-state index contributed by atoms with van der Waals surface area (Å²) in [4.78, 5) is 46.3. The van der Waals surface area contributed by atoms with Gasteiger partial charge in [0.15, 0.2) is 0 Å². The standard InChI is InChI=1S/C17H24ClN5O6/c1-6-28-14(24)11-12(23(26)27)13(20-15(18)19-11)22-8-7-21(9-10(22)2)16(25)29-17(3,4)5/h10H,6-9H2,1-5H3/t10-/m0/s1. The summed E-state index contributed by atoms with van der Waals surface area (Å²) in [5.41, 5.74) is -1.72. The highest BCUT2D eigenvalue weighted by Crippen LogP contribution is 2.33. The van der Waals surface area contributed by atoms with Gasteiger partial charge in [0.25, 0.3) is 0 Å². The lowest BCUT2D eigenvalue weighted by Crippen LogP contribution is -2.55. The Morgan fingerprint density at radius 2 is 1.97 bits per heavy atom. The number of hydrogen-bond donors (Lipinski definition) is 0. The lowest BCUT2D eigenvalue weighted by atomic mass is 10.1. The molecule has 0 aliphatic carbocycles. The molecule has 1 saturated heterocycles. The smallest absolute Gasteiger partial charge is 0.410 e. The molecule has 160 valence electrons. The van der Waals surface area contributed by atoms with Crippen molar-refractivity contribution in [3.05, 3.63) is 21.1 Å². The molecule has 0 bridgehead atoms. The third-order valence-electron chi connectivity index (χ3n) is 4.04. The predicted molar refractivity (Wildman–Crippen MR) is 104 cm³/mol. The second-order valence-electron chi connectivity index (χ2n) is 7.46. The summed E-state index contributed by atoms with van der Waals surface area (Å²) in [5, 5.41) is 11.4. The van der Waals surface area contributed by atoms with Gasteiger partial charge in [-0.1, -0.05) is 0 Å². The van der Waals surface area contributed by atoms with E-state index >= 15 is 0 Å². The number of nitro groups is 1. The lowest BCUT2D eigenvalue weighted by Gasteiger charge is -2.40. The summed E-state index contributed by atoms with van der Waals surface area (Å²) in [6, 6.07) is -0.351. The third kappa shape index (κ3) is 5.43. The fraction of sp³-hybridized carbons (Fsp3) is 0.647. The summed E-state index contributed by atoms with van der Waals surface area (Å²) in [6.07, 6.45) is -0.466. The number of piperazine rings is 1. The van der Waals surface area contributed by atoms with Gasteiger partial charge in [0.05, 0.1) is 11.5 Å². The molecule has 2 rings (SSSR count). The summed E-state index contributed by atoms with van der Waals surface area (Å²) in [6.45, 7) is 9.44. The quantitative estimate of drug-likeness (QED) is 0.307. The van der Waals surface area contributed by atoms with Gasteiger partial charge in [0, 0.05) is 25.7 Å². The van der Waals surface area contributed by atoms with E-state index in [-0.39, 0.29) is 43.4 Å². The number of aromatic nitrogens is 2. The van der Waals surface area contributed by atoms with Crippen molar-refractivity contribution in [1.82, 2.24) is 14.9 Å². The van der Waals surface area contributed by atoms with Crippen LogP contribution >= 0.6 is 11.6 Å². The zero-order chi connectivity index (χ0) is 21.9. The predicted octanol–water partition coefficient (Wildman–Crippen LogP) is 2.66. The highest BCUT2D eigenvalue weighted by Gasteiger charge is 2.37. The normalized spacial score (nSPS) is 17.1. The fourth-order valence-corrected chi connectivity index (χ4v) is 3.06. The molecule has 1 amide bonds. The molecule has 0 N–H and O–H groups in total. The molecule has 0 radical (unpaired) electrons. The molecule has 0 aromatic carbocycles. The van der Waals surface area contributed by atoms with Crippen molar-refractivity contribution in [2.24, 2.45) is 0 Å². The number of ether oxygens (including phenoxy) is 2. The Morgan fingerprint density at radius 1 is 1.31 bits per heavy atom. The monoisotopic (exact) mass is 429 g/mol. The first-order chi connectivity index (χ1) is 13.4. The molecule has 0 saturated carbocycles. The average molecular weight is 430 g/mol. The van der Waals surface area contributed by atoms with Crippen molar-refractivity contribution in [2.75, 3.05) is 31.1 Å². The number of hydrogen-bond acceptors (Lipinski definition) is 9. The highest BCUT2D eigenvalue weighted by molar-refractivity contribution is 6.28. The zero-order valence-corrected chi connectivity index (χ0v) is 17.7. The van der Waals surface area contributed by atoms with Crippen LogP contribution in [0.3, 0.4) is 0 Å². The van der Waals surface area contributed by atoms with Crippen LogP contribution in [0.4, 0.5) is 16.3 Å². The number of rotatable bonds is 4. The van der Waals surface area contributed by atoms with E-state index in [2.05, 4.69) is 9.97 Å². The Labute approximate surface area is 173 Å². The van der Waals surface area contributed by atoms with Crippen LogP contribution in [0.5, 0.6) is 0 Å². The van der Waals surface area contributed by atoms with Crippen molar-refractivity contribution < 1.29 is 24.0 Å². The molecule has 12 heteroatoms. The molecule has 1 aliphatic heterocycles. The maximum Gasteiger partial charge on any atom is 0.410 e. The van der Waals surface area contributed by atoms with E-state index in [4.69, 9.17) is 21.1 Å². The van der Waals surface area contributed by atoms with Crippen molar-refractivity contribution in [3.8, 4) is 0 Å². The molecule has 29 heavy (non-hydrogen) atoms. The molecule has 2 heterocycles. The Kier molecular flexibility index (Phi) is 6.83. The van der Waals surface area contributed by atoms with Crippen LogP contribution in [0.25, 0.3) is 0 Å². The molecular formula is C17H24ClN5O6. The number of nitrogens with zero attached hydrogens (tertiary/aromatic N) is 5. The summed E-state index contributed by atoms with van der Waals surface area (Å²) >= 11 is 5.93. The first kappa shape index (κ1) is 22.6. The second kappa shape index (κ2) is 8.76. The van der Waals surface area contributed by atoms with Gasteiger partial charge in [0.2, 0.25) is 16.8 Å². The largest absolute Gasteiger partial charge is 0.461 e. The third-order valence-corrected chi connectivity index (χ3v) is 4.21. The van der Waals surface area contributed by atoms with E-state index in [9.17, 15) is 19.7 Å². The summed E-state index contributed by atoms with van der Waals surface area (Å²) in [5.74, 6) is -1.04.